The van der Waals surface area contributed by atoms with Crippen LogP contribution in [0, 0.1) is 0 Å². The molecule has 1 N–H and O–H groups in total. The van der Waals surface area contributed by atoms with Gasteiger partial charge in [0, 0.05) is 24.6 Å². The summed E-state index contributed by atoms with van der Waals surface area (Å²) in [7, 11) is 0. The minimum absolute atomic E-state index is 1.08. The van der Waals surface area contributed by atoms with Gasteiger partial charge in [-0.3, -0.25) is 4.98 Å². The van der Waals surface area contributed by atoms with E-state index >= 15 is 0 Å². The molecule has 2 nitrogen and oxygen atoms in total. The van der Waals surface area contributed by atoms with Crippen molar-refractivity contribution in [3.63, 3.8) is 0 Å². The lowest BCUT2D eigenvalue weighted by atomic mass is 10.1. The molecular formula is C12H20N2. The summed E-state index contributed by atoms with van der Waals surface area (Å²) in [4.78, 5) is 3.97. The van der Waals surface area contributed by atoms with E-state index in [4.69, 9.17) is 0 Å². The smallest absolute Gasteiger partial charge is 0.0371 e. The lowest BCUT2D eigenvalue weighted by Crippen LogP contribution is -2.00. The van der Waals surface area contributed by atoms with Crippen molar-refractivity contribution < 1.29 is 0 Å². The lowest BCUT2D eigenvalue weighted by molar-refractivity contribution is 0.645. The highest BCUT2D eigenvalue weighted by molar-refractivity contribution is 5.40. The Morgan fingerprint density at radius 2 is 1.79 bits per heavy atom. The molecule has 0 atom stereocenters. The van der Waals surface area contributed by atoms with Gasteiger partial charge in [-0.25, -0.2) is 0 Å². The number of hydrogen-bond donors (Lipinski definition) is 1. The van der Waals surface area contributed by atoms with Crippen molar-refractivity contribution in [1.29, 1.82) is 0 Å². The monoisotopic (exact) mass is 192 g/mol. The Bertz CT molecular complexity index is 221. The van der Waals surface area contributed by atoms with Gasteiger partial charge in [-0.1, -0.05) is 32.6 Å². The summed E-state index contributed by atoms with van der Waals surface area (Å²) in [6.07, 6.45) is 10.3. The van der Waals surface area contributed by atoms with Crippen molar-refractivity contribution in [1.82, 2.24) is 4.98 Å². The number of pyridine rings is 1. The zero-order valence-corrected chi connectivity index (χ0v) is 9.00. The highest BCUT2D eigenvalue weighted by Crippen LogP contribution is 2.05. The molecule has 1 aromatic rings. The van der Waals surface area contributed by atoms with Crippen molar-refractivity contribution in [3.05, 3.63) is 24.5 Å². The Kier molecular flexibility index (Phi) is 5.80. The average molecular weight is 192 g/mol. The van der Waals surface area contributed by atoms with Crippen molar-refractivity contribution >= 4 is 5.69 Å². The van der Waals surface area contributed by atoms with Gasteiger partial charge < -0.3 is 5.32 Å². The Balaban J connectivity index is 1.99. The average Bonchev–Trinajstić information content (AvgIpc) is 2.25. The Hall–Kier alpha value is -1.05. The molecule has 0 bridgehead atoms. The normalized spacial score (nSPS) is 10.1. The topological polar surface area (TPSA) is 24.9 Å². The molecule has 1 aromatic heterocycles. The van der Waals surface area contributed by atoms with Crippen LogP contribution in [0.1, 0.15) is 39.0 Å². The summed E-state index contributed by atoms with van der Waals surface area (Å²) in [6.45, 7) is 3.32. The Labute approximate surface area is 86.8 Å². The Morgan fingerprint density at radius 1 is 1.07 bits per heavy atom. The number of hydrogen-bond acceptors (Lipinski definition) is 2. The highest BCUT2D eigenvalue weighted by Gasteiger charge is 1.90. The third-order valence-corrected chi connectivity index (χ3v) is 2.29. The van der Waals surface area contributed by atoms with Crippen LogP contribution in [0.5, 0.6) is 0 Å². The first kappa shape index (κ1) is 11.0. The maximum atomic E-state index is 3.97. The van der Waals surface area contributed by atoms with Gasteiger partial charge in [-0.05, 0) is 18.6 Å². The molecule has 1 rings (SSSR count). The second kappa shape index (κ2) is 7.36. The third-order valence-electron chi connectivity index (χ3n) is 2.29. The van der Waals surface area contributed by atoms with Crippen LogP contribution in [0.2, 0.25) is 0 Å². The van der Waals surface area contributed by atoms with Gasteiger partial charge in [-0.2, -0.15) is 0 Å². The zero-order chi connectivity index (χ0) is 10.1. The summed E-state index contributed by atoms with van der Waals surface area (Å²) >= 11 is 0. The molecule has 2 heteroatoms. The fourth-order valence-electron chi connectivity index (χ4n) is 1.43. The number of aromatic nitrogens is 1. The van der Waals surface area contributed by atoms with Gasteiger partial charge in [0.2, 0.25) is 0 Å². The van der Waals surface area contributed by atoms with E-state index in [9.17, 15) is 0 Å². The molecule has 0 aliphatic rings. The van der Waals surface area contributed by atoms with Gasteiger partial charge in [0.25, 0.3) is 0 Å². The van der Waals surface area contributed by atoms with Crippen molar-refractivity contribution in [3.8, 4) is 0 Å². The second-order valence-electron chi connectivity index (χ2n) is 3.58. The largest absolute Gasteiger partial charge is 0.385 e. The van der Waals surface area contributed by atoms with Crippen LogP contribution in [-0.4, -0.2) is 11.5 Å². The van der Waals surface area contributed by atoms with Crippen LogP contribution in [-0.2, 0) is 0 Å². The molecule has 0 radical (unpaired) electrons. The van der Waals surface area contributed by atoms with Gasteiger partial charge in [0.15, 0.2) is 0 Å². The van der Waals surface area contributed by atoms with E-state index in [0.717, 1.165) is 6.54 Å². The van der Waals surface area contributed by atoms with E-state index in [-0.39, 0.29) is 0 Å². The molecule has 0 aromatic carbocycles. The summed E-state index contributed by atoms with van der Waals surface area (Å²) in [5.74, 6) is 0. The molecule has 0 spiro atoms. The summed E-state index contributed by atoms with van der Waals surface area (Å²) in [5, 5.41) is 3.38. The van der Waals surface area contributed by atoms with E-state index in [0.29, 0.717) is 0 Å². The van der Waals surface area contributed by atoms with Gasteiger partial charge in [-0.15, -0.1) is 0 Å². The summed E-state index contributed by atoms with van der Waals surface area (Å²) < 4.78 is 0. The molecule has 78 valence electrons. The van der Waals surface area contributed by atoms with Crippen LogP contribution in [0.25, 0.3) is 0 Å². The third kappa shape index (κ3) is 4.85. The first-order valence-electron chi connectivity index (χ1n) is 5.57. The molecular weight excluding hydrogens is 172 g/mol. The first-order valence-corrected chi connectivity index (χ1v) is 5.57. The highest BCUT2D eigenvalue weighted by atomic mass is 14.9. The van der Waals surface area contributed by atoms with Crippen LogP contribution < -0.4 is 5.32 Å². The number of anilines is 1. The summed E-state index contributed by atoms with van der Waals surface area (Å²) in [5.41, 5.74) is 1.18. The minimum atomic E-state index is 1.08. The Morgan fingerprint density at radius 3 is 2.50 bits per heavy atom. The molecule has 0 saturated heterocycles. The minimum Gasteiger partial charge on any atom is -0.385 e. The molecule has 0 aliphatic heterocycles. The van der Waals surface area contributed by atoms with E-state index in [1.54, 1.807) is 0 Å². The number of nitrogens with one attached hydrogen (secondary N) is 1. The standard InChI is InChI=1S/C12H20N2/c1-2-3-4-5-6-9-14-12-7-10-13-11-8-12/h7-8,10-11H,2-6,9H2,1H3,(H,13,14). The summed E-state index contributed by atoms with van der Waals surface area (Å²) in [6, 6.07) is 4.01. The van der Waals surface area contributed by atoms with Crippen molar-refractivity contribution in [2.45, 2.75) is 39.0 Å². The van der Waals surface area contributed by atoms with Crippen LogP contribution in [0.15, 0.2) is 24.5 Å². The van der Waals surface area contributed by atoms with Crippen LogP contribution in [0.4, 0.5) is 5.69 Å². The lowest BCUT2D eigenvalue weighted by Gasteiger charge is -2.04. The second-order valence-corrected chi connectivity index (χ2v) is 3.58. The van der Waals surface area contributed by atoms with E-state index < -0.39 is 0 Å². The van der Waals surface area contributed by atoms with Gasteiger partial charge in [0.1, 0.15) is 0 Å². The van der Waals surface area contributed by atoms with Gasteiger partial charge >= 0.3 is 0 Å². The molecule has 0 aliphatic carbocycles. The molecule has 14 heavy (non-hydrogen) atoms. The van der Waals surface area contributed by atoms with Crippen LogP contribution in [0.3, 0.4) is 0 Å². The number of nitrogens with zero attached hydrogens (tertiary/aromatic N) is 1. The quantitative estimate of drug-likeness (QED) is 0.669. The fraction of sp³-hybridized carbons (Fsp3) is 0.583. The molecule has 0 unspecified atom stereocenters. The maximum absolute atomic E-state index is 3.97. The van der Waals surface area contributed by atoms with Gasteiger partial charge in [0.05, 0.1) is 0 Å². The van der Waals surface area contributed by atoms with E-state index in [1.165, 1.54) is 37.8 Å². The predicted molar refractivity (Wildman–Crippen MR) is 61.5 cm³/mol. The van der Waals surface area contributed by atoms with E-state index in [1.807, 2.05) is 24.5 Å². The SMILES string of the molecule is CCCCCCCNc1ccncc1. The zero-order valence-electron chi connectivity index (χ0n) is 9.00. The predicted octanol–water partition coefficient (Wildman–Crippen LogP) is 3.46. The first-order chi connectivity index (χ1) is 6.93. The molecule has 0 amide bonds. The molecule has 0 saturated carbocycles. The maximum Gasteiger partial charge on any atom is 0.0371 e. The van der Waals surface area contributed by atoms with Crippen molar-refractivity contribution in [2.24, 2.45) is 0 Å². The number of rotatable bonds is 7. The van der Waals surface area contributed by atoms with Crippen LogP contribution >= 0.6 is 0 Å². The fourth-order valence-corrected chi connectivity index (χ4v) is 1.43. The molecule has 0 fully saturated rings. The molecule has 1 heterocycles. The number of unbranched alkanes of at least 4 members (excludes halogenated alkanes) is 4. The van der Waals surface area contributed by atoms with E-state index in [2.05, 4.69) is 17.2 Å². The van der Waals surface area contributed by atoms with Crippen molar-refractivity contribution in [2.75, 3.05) is 11.9 Å².